The fraction of sp³-hybridized carbons (Fsp3) is 0.667. The summed E-state index contributed by atoms with van der Waals surface area (Å²) in [5.74, 6) is 0. The Morgan fingerprint density at radius 3 is 2.45 bits per heavy atom. The fourth-order valence-corrected chi connectivity index (χ4v) is 2.85. The predicted molar refractivity (Wildman–Crippen MR) is 87.1 cm³/mol. The molecule has 2 nitrogen and oxygen atoms in total. The summed E-state index contributed by atoms with van der Waals surface area (Å²) in [6.07, 6.45) is 6.68. The number of nitrogens with one attached hydrogen (secondary N) is 1. The van der Waals surface area contributed by atoms with E-state index in [2.05, 4.69) is 55.4 Å². The number of unbranched alkanes of at least 4 members (excludes halogenated alkanes) is 1. The third-order valence-corrected chi connectivity index (χ3v) is 4.40. The van der Waals surface area contributed by atoms with E-state index in [4.69, 9.17) is 0 Å². The highest BCUT2D eigenvalue weighted by atomic mass is 15.2. The highest BCUT2D eigenvalue weighted by molar-refractivity contribution is 5.24. The smallest absolute Gasteiger partial charge is 0.0329 e. The van der Waals surface area contributed by atoms with E-state index in [0.29, 0.717) is 6.04 Å². The first-order chi connectivity index (χ1) is 9.74. The van der Waals surface area contributed by atoms with E-state index in [-0.39, 0.29) is 0 Å². The summed E-state index contributed by atoms with van der Waals surface area (Å²) in [5, 5.41) is 3.48. The summed E-state index contributed by atoms with van der Waals surface area (Å²) in [5.41, 5.74) is 2.76. The number of hydrogen-bond donors (Lipinski definition) is 1. The van der Waals surface area contributed by atoms with Crippen LogP contribution in [0.25, 0.3) is 0 Å². The molecule has 1 saturated carbocycles. The molecule has 112 valence electrons. The molecule has 1 atom stereocenters. The summed E-state index contributed by atoms with van der Waals surface area (Å²) >= 11 is 0. The van der Waals surface area contributed by atoms with Crippen molar-refractivity contribution >= 4 is 0 Å². The number of hydrogen-bond acceptors (Lipinski definition) is 2. The van der Waals surface area contributed by atoms with E-state index in [1.807, 2.05) is 0 Å². The molecule has 0 amide bonds. The normalized spacial score (nSPS) is 16.6. The van der Waals surface area contributed by atoms with Gasteiger partial charge in [0.25, 0.3) is 0 Å². The van der Waals surface area contributed by atoms with Gasteiger partial charge in [-0.1, -0.05) is 43.2 Å². The van der Waals surface area contributed by atoms with Crippen molar-refractivity contribution in [2.45, 2.75) is 58.0 Å². The van der Waals surface area contributed by atoms with Gasteiger partial charge in [-0.3, -0.25) is 0 Å². The minimum atomic E-state index is 0.485. The lowest BCUT2D eigenvalue weighted by molar-refractivity contribution is 0.245. The molecular formula is C18H30N2. The molecular weight excluding hydrogens is 244 g/mol. The van der Waals surface area contributed by atoms with Gasteiger partial charge < -0.3 is 10.2 Å². The minimum Gasteiger partial charge on any atom is -0.313 e. The van der Waals surface area contributed by atoms with Gasteiger partial charge in [0.1, 0.15) is 0 Å². The maximum absolute atomic E-state index is 3.48. The zero-order valence-electron chi connectivity index (χ0n) is 13.4. The molecule has 1 aromatic rings. The zero-order chi connectivity index (χ0) is 14.4. The van der Waals surface area contributed by atoms with Gasteiger partial charge in [0, 0.05) is 18.6 Å². The standard InChI is InChI=1S/C18H30N2/c1-4-5-13-20(17-10-11-17)14-12-18(19-3)16-8-6-15(2)7-9-16/h6-9,17-19H,4-5,10-14H2,1-3H3. The van der Waals surface area contributed by atoms with Crippen LogP contribution in [0.2, 0.25) is 0 Å². The van der Waals surface area contributed by atoms with Crippen molar-refractivity contribution in [3.05, 3.63) is 35.4 Å². The van der Waals surface area contributed by atoms with Crippen molar-refractivity contribution < 1.29 is 0 Å². The Bertz CT molecular complexity index is 381. The van der Waals surface area contributed by atoms with Crippen LogP contribution in [-0.2, 0) is 0 Å². The Hall–Kier alpha value is -0.860. The topological polar surface area (TPSA) is 15.3 Å². The molecule has 20 heavy (non-hydrogen) atoms. The molecule has 1 fully saturated rings. The van der Waals surface area contributed by atoms with Crippen molar-refractivity contribution in [2.75, 3.05) is 20.1 Å². The van der Waals surface area contributed by atoms with Gasteiger partial charge in [0.15, 0.2) is 0 Å². The maximum atomic E-state index is 3.48. The van der Waals surface area contributed by atoms with Crippen LogP contribution < -0.4 is 5.32 Å². The number of rotatable bonds is 9. The van der Waals surface area contributed by atoms with E-state index in [1.54, 1.807) is 0 Å². The second-order valence-electron chi connectivity index (χ2n) is 6.16. The summed E-state index contributed by atoms with van der Waals surface area (Å²) < 4.78 is 0. The van der Waals surface area contributed by atoms with Crippen LogP contribution in [0.15, 0.2) is 24.3 Å². The van der Waals surface area contributed by atoms with Crippen molar-refractivity contribution in [1.29, 1.82) is 0 Å². The first-order valence-corrected chi connectivity index (χ1v) is 8.22. The van der Waals surface area contributed by atoms with Crippen LogP contribution >= 0.6 is 0 Å². The van der Waals surface area contributed by atoms with Crippen LogP contribution in [0, 0.1) is 6.92 Å². The van der Waals surface area contributed by atoms with Gasteiger partial charge in [-0.15, -0.1) is 0 Å². The zero-order valence-corrected chi connectivity index (χ0v) is 13.4. The lowest BCUT2D eigenvalue weighted by Gasteiger charge is -2.25. The average Bonchev–Trinajstić information content (AvgIpc) is 3.29. The van der Waals surface area contributed by atoms with Gasteiger partial charge in [0.2, 0.25) is 0 Å². The Kier molecular flexibility index (Phi) is 6.06. The summed E-state index contributed by atoms with van der Waals surface area (Å²) in [4.78, 5) is 2.71. The Labute approximate surface area is 124 Å². The van der Waals surface area contributed by atoms with Gasteiger partial charge >= 0.3 is 0 Å². The molecule has 2 rings (SSSR count). The van der Waals surface area contributed by atoms with Gasteiger partial charge in [-0.05, 0) is 51.8 Å². The van der Waals surface area contributed by atoms with E-state index >= 15 is 0 Å². The van der Waals surface area contributed by atoms with Crippen LogP contribution in [-0.4, -0.2) is 31.1 Å². The van der Waals surface area contributed by atoms with Crippen LogP contribution in [0.4, 0.5) is 0 Å². The monoisotopic (exact) mass is 274 g/mol. The molecule has 0 spiro atoms. The van der Waals surface area contributed by atoms with Crippen molar-refractivity contribution in [2.24, 2.45) is 0 Å². The number of benzene rings is 1. The first kappa shape index (κ1) is 15.5. The van der Waals surface area contributed by atoms with E-state index < -0.39 is 0 Å². The molecule has 0 heterocycles. The molecule has 1 aliphatic carbocycles. The third kappa shape index (κ3) is 4.60. The number of nitrogens with zero attached hydrogens (tertiary/aromatic N) is 1. The Morgan fingerprint density at radius 1 is 1.20 bits per heavy atom. The second-order valence-corrected chi connectivity index (χ2v) is 6.16. The third-order valence-electron chi connectivity index (χ3n) is 4.40. The van der Waals surface area contributed by atoms with Gasteiger partial charge in [-0.25, -0.2) is 0 Å². The first-order valence-electron chi connectivity index (χ1n) is 8.22. The van der Waals surface area contributed by atoms with Crippen molar-refractivity contribution in [3.63, 3.8) is 0 Å². The molecule has 0 aliphatic heterocycles. The highest BCUT2D eigenvalue weighted by Crippen LogP contribution is 2.28. The molecule has 0 aromatic heterocycles. The summed E-state index contributed by atoms with van der Waals surface area (Å²) in [6.45, 7) is 6.95. The van der Waals surface area contributed by atoms with Crippen molar-refractivity contribution in [3.8, 4) is 0 Å². The quantitative estimate of drug-likeness (QED) is 0.734. The predicted octanol–water partition coefficient (Wildman–Crippen LogP) is 3.91. The Balaban J connectivity index is 1.87. The van der Waals surface area contributed by atoms with Crippen LogP contribution in [0.3, 0.4) is 0 Å². The summed E-state index contributed by atoms with van der Waals surface area (Å²) in [7, 11) is 2.08. The fourth-order valence-electron chi connectivity index (χ4n) is 2.85. The second kappa shape index (κ2) is 7.80. The van der Waals surface area contributed by atoms with E-state index in [9.17, 15) is 0 Å². The van der Waals surface area contributed by atoms with Crippen LogP contribution in [0.5, 0.6) is 0 Å². The lowest BCUT2D eigenvalue weighted by atomic mass is 10.0. The molecule has 1 N–H and O–H groups in total. The molecule has 2 heteroatoms. The largest absolute Gasteiger partial charge is 0.313 e. The summed E-state index contributed by atoms with van der Waals surface area (Å²) in [6, 6.07) is 10.3. The molecule has 1 aromatic carbocycles. The van der Waals surface area contributed by atoms with E-state index in [1.165, 1.54) is 56.3 Å². The Morgan fingerprint density at radius 2 is 1.90 bits per heavy atom. The van der Waals surface area contributed by atoms with Gasteiger partial charge in [0.05, 0.1) is 0 Å². The molecule has 1 aliphatic rings. The van der Waals surface area contributed by atoms with Crippen LogP contribution in [0.1, 0.15) is 56.2 Å². The molecule has 0 radical (unpaired) electrons. The maximum Gasteiger partial charge on any atom is 0.0329 e. The van der Waals surface area contributed by atoms with E-state index in [0.717, 1.165) is 6.04 Å². The number of aryl methyl sites for hydroxylation is 1. The average molecular weight is 274 g/mol. The van der Waals surface area contributed by atoms with Crippen molar-refractivity contribution in [1.82, 2.24) is 10.2 Å². The molecule has 0 saturated heterocycles. The SMILES string of the molecule is CCCCN(CCC(NC)c1ccc(C)cc1)C1CC1. The molecule has 1 unspecified atom stereocenters. The lowest BCUT2D eigenvalue weighted by Crippen LogP contribution is -2.31. The van der Waals surface area contributed by atoms with Gasteiger partial charge in [-0.2, -0.15) is 0 Å². The highest BCUT2D eigenvalue weighted by Gasteiger charge is 2.28. The minimum absolute atomic E-state index is 0.485. The molecule has 0 bridgehead atoms.